The fourth-order valence-electron chi connectivity index (χ4n) is 2.20. The average molecular weight is 319 g/mol. The van der Waals surface area contributed by atoms with Crippen LogP contribution in [0.2, 0.25) is 5.02 Å². The standard InChI is InChI=1S/C17H19ClN2O2/c1-12-10-16(22-3)15(18)11-14(12)17(21)20(2)9-6-13-4-7-19-8-5-13/h4-5,7-8,10-11H,6,9H2,1-3H3. The van der Waals surface area contributed by atoms with Gasteiger partial charge in [0.2, 0.25) is 0 Å². The van der Waals surface area contributed by atoms with Crippen molar-refractivity contribution in [3.05, 3.63) is 58.4 Å². The summed E-state index contributed by atoms with van der Waals surface area (Å²) in [5.41, 5.74) is 2.60. The highest BCUT2D eigenvalue weighted by Crippen LogP contribution is 2.28. The van der Waals surface area contributed by atoms with Crippen LogP contribution in [-0.2, 0) is 6.42 Å². The summed E-state index contributed by atoms with van der Waals surface area (Å²) in [7, 11) is 3.35. The van der Waals surface area contributed by atoms with E-state index in [4.69, 9.17) is 16.3 Å². The summed E-state index contributed by atoms with van der Waals surface area (Å²) in [6.07, 6.45) is 4.29. The van der Waals surface area contributed by atoms with E-state index in [1.54, 1.807) is 43.6 Å². The highest BCUT2D eigenvalue weighted by Gasteiger charge is 2.16. The van der Waals surface area contributed by atoms with E-state index in [-0.39, 0.29) is 5.91 Å². The Balaban J connectivity index is 2.09. The lowest BCUT2D eigenvalue weighted by molar-refractivity contribution is 0.0796. The molecule has 2 aromatic rings. The molecule has 0 N–H and O–H groups in total. The van der Waals surface area contributed by atoms with Crippen LogP contribution in [-0.4, -0.2) is 36.5 Å². The molecule has 1 aromatic heterocycles. The van der Waals surface area contributed by atoms with Crippen LogP contribution in [0.5, 0.6) is 5.75 Å². The van der Waals surface area contributed by atoms with Crippen LogP contribution in [0.25, 0.3) is 0 Å². The lowest BCUT2D eigenvalue weighted by Gasteiger charge is -2.19. The second kappa shape index (κ2) is 7.27. The maximum absolute atomic E-state index is 12.6. The van der Waals surface area contributed by atoms with Gasteiger partial charge in [0.05, 0.1) is 12.1 Å². The van der Waals surface area contributed by atoms with Crippen LogP contribution in [0.3, 0.4) is 0 Å². The zero-order chi connectivity index (χ0) is 16.1. The lowest BCUT2D eigenvalue weighted by atomic mass is 10.1. The van der Waals surface area contributed by atoms with Gasteiger partial charge in [-0.05, 0) is 48.7 Å². The van der Waals surface area contributed by atoms with E-state index in [2.05, 4.69) is 4.98 Å². The van der Waals surface area contributed by atoms with Gasteiger partial charge >= 0.3 is 0 Å². The molecule has 0 radical (unpaired) electrons. The number of rotatable bonds is 5. The van der Waals surface area contributed by atoms with Gasteiger partial charge in [0.15, 0.2) is 0 Å². The molecule has 0 spiro atoms. The van der Waals surface area contributed by atoms with E-state index < -0.39 is 0 Å². The Kier molecular flexibility index (Phi) is 5.39. The Morgan fingerprint density at radius 3 is 2.64 bits per heavy atom. The summed E-state index contributed by atoms with van der Waals surface area (Å²) >= 11 is 6.12. The maximum atomic E-state index is 12.6. The number of nitrogens with zero attached hydrogens (tertiary/aromatic N) is 2. The molecular formula is C17H19ClN2O2. The summed E-state index contributed by atoms with van der Waals surface area (Å²) in [6, 6.07) is 7.36. The number of pyridine rings is 1. The second-order valence-electron chi connectivity index (χ2n) is 5.13. The number of benzene rings is 1. The Morgan fingerprint density at radius 1 is 1.32 bits per heavy atom. The van der Waals surface area contributed by atoms with Crippen molar-refractivity contribution in [1.82, 2.24) is 9.88 Å². The van der Waals surface area contributed by atoms with Crippen LogP contribution < -0.4 is 4.74 Å². The molecule has 0 unspecified atom stereocenters. The first-order valence-corrected chi connectivity index (χ1v) is 7.39. The average Bonchev–Trinajstić information content (AvgIpc) is 2.54. The lowest BCUT2D eigenvalue weighted by Crippen LogP contribution is -2.29. The number of carbonyl (C=O) groups excluding carboxylic acids is 1. The number of carbonyl (C=O) groups is 1. The molecule has 0 fully saturated rings. The number of methoxy groups -OCH3 is 1. The first kappa shape index (κ1) is 16.3. The number of halogens is 1. The molecule has 1 heterocycles. The molecule has 1 amide bonds. The SMILES string of the molecule is COc1cc(C)c(C(=O)N(C)CCc2ccncc2)cc1Cl. The number of amides is 1. The third kappa shape index (κ3) is 3.77. The van der Waals surface area contributed by atoms with Crippen LogP contribution in [0, 0.1) is 6.92 Å². The largest absolute Gasteiger partial charge is 0.495 e. The minimum atomic E-state index is -0.0453. The van der Waals surface area contributed by atoms with Gasteiger partial charge in [-0.3, -0.25) is 9.78 Å². The Bertz CT molecular complexity index is 659. The molecule has 2 rings (SSSR count). The molecule has 0 saturated carbocycles. The number of aryl methyl sites for hydroxylation is 1. The smallest absolute Gasteiger partial charge is 0.253 e. The zero-order valence-electron chi connectivity index (χ0n) is 13.0. The molecule has 4 nitrogen and oxygen atoms in total. The van der Waals surface area contributed by atoms with Crippen LogP contribution in [0.1, 0.15) is 21.5 Å². The van der Waals surface area contributed by atoms with Crippen molar-refractivity contribution in [2.45, 2.75) is 13.3 Å². The van der Waals surface area contributed by atoms with Crippen molar-refractivity contribution in [2.75, 3.05) is 20.7 Å². The molecule has 0 saturated heterocycles. The minimum absolute atomic E-state index is 0.0453. The first-order chi connectivity index (χ1) is 10.5. The number of aromatic nitrogens is 1. The highest BCUT2D eigenvalue weighted by molar-refractivity contribution is 6.32. The van der Waals surface area contributed by atoms with E-state index >= 15 is 0 Å². The minimum Gasteiger partial charge on any atom is -0.495 e. The second-order valence-corrected chi connectivity index (χ2v) is 5.54. The van der Waals surface area contributed by atoms with Gasteiger partial charge in [0, 0.05) is 31.5 Å². The molecule has 0 aliphatic heterocycles. The molecule has 22 heavy (non-hydrogen) atoms. The maximum Gasteiger partial charge on any atom is 0.253 e. The van der Waals surface area contributed by atoms with Crippen LogP contribution in [0.15, 0.2) is 36.7 Å². The Morgan fingerprint density at radius 2 is 2.00 bits per heavy atom. The third-order valence-electron chi connectivity index (χ3n) is 3.56. The van der Waals surface area contributed by atoms with Gasteiger partial charge in [0.1, 0.15) is 5.75 Å². The van der Waals surface area contributed by atoms with E-state index in [0.717, 1.165) is 17.5 Å². The molecule has 1 aromatic carbocycles. The number of hydrogen-bond donors (Lipinski definition) is 0. The van der Waals surface area contributed by atoms with Crippen molar-refractivity contribution in [1.29, 1.82) is 0 Å². The van der Waals surface area contributed by atoms with Gasteiger partial charge in [-0.1, -0.05) is 11.6 Å². The molecule has 5 heteroatoms. The topological polar surface area (TPSA) is 42.4 Å². The predicted molar refractivity (Wildman–Crippen MR) is 87.6 cm³/mol. The Hall–Kier alpha value is -2.07. The normalized spacial score (nSPS) is 10.4. The monoisotopic (exact) mass is 318 g/mol. The third-order valence-corrected chi connectivity index (χ3v) is 3.86. The van der Waals surface area contributed by atoms with Crippen molar-refractivity contribution in [2.24, 2.45) is 0 Å². The Labute approximate surface area is 135 Å². The fraction of sp³-hybridized carbons (Fsp3) is 0.294. The van der Waals surface area contributed by atoms with E-state index in [9.17, 15) is 4.79 Å². The molecule has 0 aliphatic rings. The summed E-state index contributed by atoms with van der Waals surface area (Å²) in [5.74, 6) is 0.534. The number of ether oxygens (including phenoxy) is 1. The quantitative estimate of drug-likeness (QED) is 0.849. The summed E-state index contributed by atoms with van der Waals surface area (Å²) in [6.45, 7) is 2.51. The van der Waals surface area contributed by atoms with E-state index in [1.807, 2.05) is 19.1 Å². The van der Waals surface area contributed by atoms with Crippen molar-refractivity contribution in [3.63, 3.8) is 0 Å². The molecule has 0 bridgehead atoms. The van der Waals surface area contributed by atoms with Gasteiger partial charge < -0.3 is 9.64 Å². The number of hydrogen-bond acceptors (Lipinski definition) is 3. The fourth-order valence-corrected chi connectivity index (χ4v) is 2.44. The van der Waals surface area contributed by atoms with Crippen molar-refractivity contribution in [3.8, 4) is 5.75 Å². The zero-order valence-corrected chi connectivity index (χ0v) is 13.7. The van der Waals surface area contributed by atoms with Gasteiger partial charge in [-0.15, -0.1) is 0 Å². The summed E-state index contributed by atoms with van der Waals surface area (Å²) in [5, 5.41) is 0.444. The first-order valence-electron chi connectivity index (χ1n) is 7.01. The van der Waals surface area contributed by atoms with Crippen molar-refractivity contribution < 1.29 is 9.53 Å². The van der Waals surface area contributed by atoms with Gasteiger partial charge in [-0.2, -0.15) is 0 Å². The van der Waals surface area contributed by atoms with Crippen LogP contribution in [0.4, 0.5) is 0 Å². The predicted octanol–water partition coefficient (Wildman–Crippen LogP) is 3.37. The van der Waals surface area contributed by atoms with Crippen LogP contribution >= 0.6 is 11.6 Å². The number of likely N-dealkylation sites (N-methyl/N-ethyl adjacent to an activating group) is 1. The highest BCUT2D eigenvalue weighted by atomic mass is 35.5. The van der Waals surface area contributed by atoms with E-state index in [0.29, 0.717) is 22.9 Å². The summed E-state index contributed by atoms with van der Waals surface area (Å²) < 4.78 is 5.16. The molecule has 0 atom stereocenters. The van der Waals surface area contributed by atoms with E-state index in [1.165, 1.54) is 0 Å². The van der Waals surface area contributed by atoms with Gasteiger partial charge in [-0.25, -0.2) is 0 Å². The molecule has 0 aliphatic carbocycles. The summed E-state index contributed by atoms with van der Waals surface area (Å²) in [4.78, 5) is 18.2. The molecular weight excluding hydrogens is 300 g/mol. The van der Waals surface area contributed by atoms with Crippen molar-refractivity contribution >= 4 is 17.5 Å². The van der Waals surface area contributed by atoms with Gasteiger partial charge in [0.25, 0.3) is 5.91 Å². The molecule has 116 valence electrons.